The molecule has 1 fully saturated rings. The van der Waals surface area contributed by atoms with E-state index in [1.807, 2.05) is 0 Å². The third-order valence-corrected chi connectivity index (χ3v) is 3.17. The van der Waals surface area contributed by atoms with Crippen LogP contribution in [0.2, 0.25) is 0 Å². The van der Waals surface area contributed by atoms with E-state index in [0.29, 0.717) is 5.56 Å². The monoisotopic (exact) mass is 396 g/mol. The van der Waals surface area contributed by atoms with Gasteiger partial charge >= 0.3 is 0 Å². The van der Waals surface area contributed by atoms with Crippen LogP contribution < -0.4 is 34.3 Å². The fourth-order valence-corrected chi connectivity index (χ4v) is 2.21. The summed E-state index contributed by atoms with van der Waals surface area (Å²) >= 11 is 0. The first-order valence-electron chi connectivity index (χ1n) is 5.86. The van der Waals surface area contributed by atoms with E-state index in [-0.39, 0.29) is 29.5 Å². The number of carbonyl (C=O) groups is 1. The van der Waals surface area contributed by atoms with Crippen LogP contribution >= 0.6 is 0 Å². The van der Waals surface area contributed by atoms with Gasteiger partial charge in [-0.1, -0.05) is 0 Å². The number of aromatic nitrogens is 1. The Morgan fingerprint density at radius 2 is 2.05 bits per heavy atom. The number of hydrogen-bond acceptors (Lipinski definition) is 5. The van der Waals surface area contributed by atoms with Gasteiger partial charge in [-0.2, -0.15) is 0 Å². The molecule has 8 heteroatoms. The first kappa shape index (κ1) is 17.2. The van der Waals surface area contributed by atoms with Gasteiger partial charge in [0.25, 0.3) is 5.91 Å². The summed E-state index contributed by atoms with van der Waals surface area (Å²) in [7, 11) is 1.71. The number of primary amides is 1. The number of ether oxygens (including phenoxy) is 1. The Morgan fingerprint density at radius 1 is 1.40 bits per heavy atom. The van der Waals surface area contributed by atoms with Crippen molar-refractivity contribution in [2.75, 3.05) is 6.61 Å². The maximum atomic E-state index is 11.2. The quantitative estimate of drug-likeness (QED) is 0.301. The van der Waals surface area contributed by atoms with E-state index >= 15 is 0 Å². The van der Waals surface area contributed by atoms with Gasteiger partial charge in [-0.3, -0.25) is 4.79 Å². The first-order valence-corrected chi connectivity index (χ1v) is 5.86. The average Bonchev–Trinajstić information content (AvgIpc) is 2.65. The number of rotatable bonds is 3. The van der Waals surface area contributed by atoms with Crippen molar-refractivity contribution in [3.63, 3.8) is 0 Å². The summed E-state index contributed by atoms with van der Waals surface area (Å²) in [5, 5.41) is 28.7. The second-order valence-corrected chi connectivity index (χ2v) is 4.65. The van der Waals surface area contributed by atoms with E-state index < -0.39 is 36.9 Å². The molecule has 20 heavy (non-hydrogen) atoms. The molecule has 0 spiro atoms. The minimum atomic E-state index is -1.17. The molecule has 1 amide bonds. The number of nitrogens with two attached hydrogens (primary N) is 1. The molecule has 1 aliphatic rings. The maximum Gasteiger partial charge on any atom is 0.254 e. The number of aliphatic hydroxyl groups is 3. The van der Waals surface area contributed by atoms with Crippen LogP contribution in [0.15, 0.2) is 18.5 Å². The van der Waals surface area contributed by atoms with Gasteiger partial charge in [0.1, 0.15) is 37.0 Å². The Kier molecular flexibility index (Phi) is 5.83. The molecule has 1 aromatic heterocycles. The van der Waals surface area contributed by atoms with Gasteiger partial charge in [-0.25, -0.2) is 4.57 Å². The molecule has 5 N–H and O–H groups in total. The molecule has 7 nitrogen and oxygen atoms in total. The molecule has 0 radical (unpaired) electrons. The lowest BCUT2D eigenvalue weighted by atomic mass is 10.0. The molecule has 0 aliphatic carbocycles. The molecule has 4 atom stereocenters. The van der Waals surface area contributed by atoms with E-state index in [1.165, 1.54) is 6.07 Å². The summed E-state index contributed by atoms with van der Waals surface area (Å²) in [5.41, 5.74) is 6.01. The van der Waals surface area contributed by atoms with E-state index in [0.717, 1.165) is 0 Å². The van der Waals surface area contributed by atoms with Crippen LogP contribution in [-0.2, 0) is 11.8 Å². The van der Waals surface area contributed by atoms with Crippen LogP contribution in [0, 0.1) is 0 Å². The number of halogens is 1. The molecule has 1 saturated heterocycles. The Balaban J connectivity index is 0.00000200. The number of carbonyl (C=O) groups excluding carboxylic acids is 1. The Labute approximate surface area is 133 Å². The van der Waals surface area contributed by atoms with Crippen molar-refractivity contribution in [1.29, 1.82) is 0 Å². The van der Waals surface area contributed by atoms with E-state index in [1.54, 1.807) is 24.0 Å². The SMILES string of the molecule is C[n+]1cc(C(N)=O)cc(C2OC(CO)C(O)C2O)c1.[I-]. The summed E-state index contributed by atoms with van der Waals surface area (Å²) in [6.45, 7) is -0.392. The number of hydrogen-bond donors (Lipinski definition) is 4. The Hall–Kier alpha value is -0.810. The molecule has 2 heterocycles. The van der Waals surface area contributed by atoms with Crippen LogP contribution in [0.1, 0.15) is 22.0 Å². The highest BCUT2D eigenvalue weighted by molar-refractivity contribution is 5.92. The van der Waals surface area contributed by atoms with Crippen LogP contribution in [0.5, 0.6) is 0 Å². The summed E-state index contributed by atoms with van der Waals surface area (Å²) in [6.07, 6.45) is -0.780. The Morgan fingerprint density at radius 3 is 2.55 bits per heavy atom. The van der Waals surface area contributed by atoms with Crippen LogP contribution in [0.3, 0.4) is 0 Å². The zero-order valence-corrected chi connectivity index (χ0v) is 13.0. The van der Waals surface area contributed by atoms with Gasteiger partial charge in [-0.15, -0.1) is 0 Å². The fourth-order valence-electron chi connectivity index (χ4n) is 2.21. The standard InChI is InChI=1S/C12H16N2O5.HI/c1-14-3-6(2-7(4-14)12(13)18)11-10(17)9(16)8(5-15)19-11;/h2-4,8-11,15-17H,5H2,1H3,(H-,13,18);1H. The van der Waals surface area contributed by atoms with Crippen molar-refractivity contribution in [3.05, 3.63) is 29.6 Å². The largest absolute Gasteiger partial charge is 1.00 e. The van der Waals surface area contributed by atoms with Crippen molar-refractivity contribution in [3.8, 4) is 0 Å². The number of pyridine rings is 1. The molecule has 112 valence electrons. The highest BCUT2D eigenvalue weighted by Gasteiger charge is 2.43. The highest BCUT2D eigenvalue weighted by atomic mass is 127. The van der Waals surface area contributed by atoms with Crippen molar-refractivity contribution >= 4 is 5.91 Å². The highest BCUT2D eigenvalue weighted by Crippen LogP contribution is 2.33. The molecule has 0 aromatic carbocycles. The summed E-state index contributed by atoms with van der Waals surface area (Å²) in [5.74, 6) is -0.593. The third-order valence-electron chi connectivity index (χ3n) is 3.17. The number of aryl methyl sites for hydroxylation is 1. The second-order valence-electron chi connectivity index (χ2n) is 4.65. The average molecular weight is 396 g/mol. The summed E-state index contributed by atoms with van der Waals surface area (Å²) < 4.78 is 7.01. The minimum Gasteiger partial charge on any atom is -1.00 e. The van der Waals surface area contributed by atoms with Gasteiger partial charge in [0, 0.05) is 5.56 Å². The predicted octanol–water partition coefficient (Wildman–Crippen LogP) is -5.23. The first-order chi connectivity index (χ1) is 8.93. The number of aliphatic hydroxyl groups excluding tert-OH is 3. The molecular weight excluding hydrogens is 379 g/mol. The lowest BCUT2D eigenvalue weighted by Gasteiger charge is -2.14. The molecule has 4 unspecified atom stereocenters. The topological polar surface area (TPSA) is 117 Å². The predicted molar refractivity (Wildman–Crippen MR) is 62.8 cm³/mol. The number of nitrogens with zero attached hydrogens (tertiary/aromatic N) is 1. The molecule has 1 aromatic rings. The molecule has 0 saturated carbocycles. The maximum absolute atomic E-state index is 11.2. The van der Waals surface area contributed by atoms with Crippen molar-refractivity contribution in [1.82, 2.24) is 0 Å². The second kappa shape index (κ2) is 6.76. The van der Waals surface area contributed by atoms with Gasteiger partial charge in [0.05, 0.1) is 6.61 Å². The van der Waals surface area contributed by atoms with Gasteiger partial charge in [-0.05, 0) is 6.07 Å². The minimum absolute atomic E-state index is 0. The van der Waals surface area contributed by atoms with Crippen LogP contribution in [0.25, 0.3) is 0 Å². The smallest absolute Gasteiger partial charge is 0.254 e. The van der Waals surface area contributed by atoms with Crippen molar-refractivity contribution in [2.45, 2.75) is 24.4 Å². The summed E-state index contributed by atoms with van der Waals surface area (Å²) in [4.78, 5) is 11.2. The summed E-state index contributed by atoms with van der Waals surface area (Å²) in [6, 6.07) is 1.50. The molecule has 2 rings (SSSR count). The van der Waals surface area contributed by atoms with Crippen molar-refractivity contribution in [2.24, 2.45) is 12.8 Å². The van der Waals surface area contributed by atoms with Gasteiger partial charge in [0.2, 0.25) is 0 Å². The van der Waals surface area contributed by atoms with Crippen LogP contribution in [-0.4, -0.2) is 46.1 Å². The van der Waals surface area contributed by atoms with Crippen molar-refractivity contribution < 1.29 is 53.4 Å². The molecule has 0 bridgehead atoms. The Bertz CT molecular complexity index is 499. The zero-order chi connectivity index (χ0) is 14.2. The lowest BCUT2D eigenvalue weighted by Crippen LogP contribution is -3.00. The van der Waals surface area contributed by atoms with Gasteiger partial charge in [0.15, 0.2) is 12.4 Å². The number of amides is 1. The van der Waals surface area contributed by atoms with E-state index in [4.69, 9.17) is 15.6 Å². The lowest BCUT2D eigenvalue weighted by molar-refractivity contribution is -0.672. The third kappa shape index (κ3) is 3.26. The van der Waals surface area contributed by atoms with E-state index in [2.05, 4.69) is 0 Å². The van der Waals surface area contributed by atoms with E-state index in [9.17, 15) is 15.0 Å². The van der Waals surface area contributed by atoms with Crippen LogP contribution in [0.4, 0.5) is 0 Å². The normalized spacial score (nSPS) is 29.0. The molecule has 1 aliphatic heterocycles. The zero-order valence-electron chi connectivity index (χ0n) is 10.8. The van der Waals surface area contributed by atoms with Gasteiger partial charge < -0.3 is 49.8 Å². The fraction of sp³-hybridized carbons (Fsp3) is 0.500. The molecular formula is C12H17IN2O5.